The lowest BCUT2D eigenvalue weighted by Crippen LogP contribution is -2.21. The minimum absolute atomic E-state index is 0.0205. The Bertz CT molecular complexity index is 603. The number of hydrogen-bond acceptors (Lipinski definition) is 2. The van der Waals surface area contributed by atoms with Crippen LogP contribution in [0.2, 0.25) is 0 Å². The van der Waals surface area contributed by atoms with Crippen molar-refractivity contribution in [3.8, 4) is 0 Å². The standard InChI is InChI=1S/C14H10ClN2.Al.2H/c15-14-16-9-12-6-5-10-3-1-2-4-11(10)7-8-13(12)17-14;;;/h1-2,4-8,13H,3H2;;;. The molecule has 2 aliphatic carbocycles. The molecule has 3 aliphatic rings. The summed E-state index contributed by atoms with van der Waals surface area (Å²) in [6.45, 7) is 0. The van der Waals surface area contributed by atoms with Crippen LogP contribution in [0.3, 0.4) is 0 Å². The molecule has 0 aromatic rings. The third-order valence-electron chi connectivity index (χ3n) is 3.28. The van der Waals surface area contributed by atoms with Crippen molar-refractivity contribution in [2.24, 2.45) is 9.98 Å². The van der Waals surface area contributed by atoms with E-state index in [9.17, 15) is 0 Å². The van der Waals surface area contributed by atoms with Gasteiger partial charge in [0.15, 0.2) is 0 Å². The van der Waals surface area contributed by atoms with E-state index in [0.717, 1.165) is 27.3 Å². The average Bonchev–Trinajstić information content (AvgIpc) is 2.33. The summed E-state index contributed by atoms with van der Waals surface area (Å²) in [7, 11) is 0. The van der Waals surface area contributed by atoms with Gasteiger partial charge in [-0.05, 0) is 39.3 Å². The van der Waals surface area contributed by atoms with Gasteiger partial charge in [-0.3, -0.25) is 0 Å². The maximum absolute atomic E-state index is 5.95. The first-order valence-electron chi connectivity index (χ1n) is 5.99. The van der Waals surface area contributed by atoms with E-state index in [1.807, 2.05) is 0 Å². The van der Waals surface area contributed by atoms with E-state index in [-0.39, 0.29) is 6.04 Å². The molecule has 0 N–H and O–H groups in total. The Morgan fingerprint density at radius 3 is 3.06 bits per heavy atom. The Balaban J connectivity index is 2.09. The lowest BCUT2D eigenvalue weighted by molar-refractivity contribution is 0.979. The summed E-state index contributed by atoms with van der Waals surface area (Å²) in [6, 6.07) is 0.0205. The van der Waals surface area contributed by atoms with Crippen molar-refractivity contribution in [1.29, 1.82) is 0 Å². The zero-order valence-electron chi connectivity index (χ0n) is 10.1. The van der Waals surface area contributed by atoms with Gasteiger partial charge < -0.3 is 0 Å². The van der Waals surface area contributed by atoms with Gasteiger partial charge in [0.25, 0.3) is 16.3 Å². The molecule has 0 radical (unpaired) electrons. The van der Waals surface area contributed by atoms with E-state index in [0.29, 0.717) is 5.29 Å². The van der Waals surface area contributed by atoms with Crippen LogP contribution in [0.4, 0.5) is 0 Å². The van der Waals surface area contributed by atoms with Gasteiger partial charge in [-0.1, -0.05) is 42.5 Å². The molecule has 2 nitrogen and oxygen atoms in total. The van der Waals surface area contributed by atoms with E-state index in [1.54, 1.807) is 0 Å². The van der Waals surface area contributed by atoms with Gasteiger partial charge in [-0.15, -0.1) is 0 Å². The molecule has 0 aromatic heterocycles. The second kappa shape index (κ2) is 4.86. The monoisotopic (exact) mass is 270 g/mol. The van der Waals surface area contributed by atoms with Crippen LogP contribution in [0.25, 0.3) is 0 Å². The minimum Gasteiger partial charge on any atom is -0.244 e. The van der Waals surface area contributed by atoms with Crippen LogP contribution < -0.4 is 0 Å². The van der Waals surface area contributed by atoms with Gasteiger partial charge in [0, 0.05) is 0 Å². The van der Waals surface area contributed by atoms with Crippen LogP contribution in [0.5, 0.6) is 0 Å². The molecule has 1 unspecified atom stereocenters. The van der Waals surface area contributed by atoms with Crippen LogP contribution in [0.15, 0.2) is 69.2 Å². The van der Waals surface area contributed by atoms with E-state index in [1.165, 1.54) is 16.7 Å². The van der Waals surface area contributed by atoms with Crippen molar-refractivity contribution < 1.29 is 0 Å². The van der Waals surface area contributed by atoms with E-state index < -0.39 is 0 Å². The van der Waals surface area contributed by atoms with Crippen molar-refractivity contribution in [2.45, 2.75) is 12.5 Å². The summed E-state index contributed by atoms with van der Waals surface area (Å²) >= 11 is 6.83. The molecular weight excluding hydrogens is 259 g/mol. The third kappa shape index (κ3) is 2.22. The molecule has 0 aromatic carbocycles. The van der Waals surface area contributed by atoms with E-state index in [4.69, 9.17) is 11.6 Å². The first kappa shape index (κ1) is 11.9. The maximum atomic E-state index is 5.95. The third-order valence-corrected chi connectivity index (χ3v) is 4.27. The zero-order chi connectivity index (χ0) is 12.5. The van der Waals surface area contributed by atoms with Gasteiger partial charge in [0.1, 0.15) is 0 Å². The highest BCUT2D eigenvalue weighted by molar-refractivity contribution is 6.72. The van der Waals surface area contributed by atoms with Crippen LogP contribution in [0.1, 0.15) is 6.42 Å². The number of hydrogen-bond donors (Lipinski definition) is 0. The molecule has 0 saturated carbocycles. The first-order chi connectivity index (χ1) is 8.74. The zero-order valence-corrected chi connectivity index (χ0v) is 12.9. The molecule has 1 heterocycles. The normalized spacial score (nSPS) is 25.6. The van der Waals surface area contributed by atoms with Gasteiger partial charge >= 0.3 is 0 Å². The second-order valence-electron chi connectivity index (χ2n) is 4.47. The molecule has 18 heavy (non-hydrogen) atoms. The molecule has 1 atom stereocenters. The molecule has 0 amide bonds. The Kier molecular flexibility index (Phi) is 3.22. The van der Waals surface area contributed by atoms with Gasteiger partial charge in [0.2, 0.25) is 5.29 Å². The highest BCUT2D eigenvalue weighted by Gasteiger charge is 2.19. The summed E-state index contributed by atoms with van der Waals surface area (Å²) in [5.41, 5.74) is 3.79. The summed E-state index contributed by atoms with van der Waals surface area (Å²) in [4.78, 5) is 8.66. The Morgan fingerprint density at radius 2 is 2.17 bits per heavy atom. The first-order valence-corrected chi connectivity index (χ1v) is 7.37. The smallest absolute Gasteiger partial charge is 0.244 e. The lowest BCUT2D eigenvalue weighted by Gasteiger charge is -2.20. The van der Waals surface area contributed by atoms with Crippen molar-refractivity contribution in [1.82, 2.24) is 0 Å². The maximum Gasteiger partial charge on any atom is 0.290 e. The molecule has 1 aliphatic heterocycles. The highest BCUT2D eigenvalue weighted by atomic mass is 35.5. The fourth-order valence-electron chi connectivity index (χ4n) is 2.30. The number of amidine groups is 1. The van der Waals surface area contributed by atoms with Crippen molar-refractivity contribution in [3.05, 3.63) is 59.3 Å². The largest absolute Gasteiger partial charge is 0.290 e. The number of nitrogens with zero attached hydrogens (tertiary/aromatic N) is 2. The predicted molar refractivity (Wildman–Crippen MR) is 80.2 cm³/mol. The molecule has 0 spiro atoms. The molecule has 0 saturated heterocycles. The fraction of sp³-hybridized carbons (Fsp3) is 0.143. The van der Waals surface area contributed by atoms with E-state index >= 15 is 0 Å². The summed E-state index contributed by atoms with van der Waals surface area (Å²) in [5.74, 6) is 0. The van der Waals surface area contributed by atoms with Crippen molar-refractivity contribution in [2.75, 3.05) is 0 Å². The van der Waals surface area contributed by atoms with Crippen LogP contribution in [0, 0.1) is 0 Å². The van der Waals surface area contributed by atoms with Gasteiger partial charge in [-0.25, -0.2) is 9.98 Å². The van der Waals surface area contributed by atoms with Crippen LogP contribution >= 0.6 is 11.6 Å². The van der Waals surface area contributed by atoms with Gasteiger partial charge in [-0.2, -0.15) is 0 Å². The quantitative estimate of drug-likeness (QED) is 0.477. The topological polar surface area (TPSA) is 24.7 Å². The Morgan fingerprint density at radius 1 is 1.28 bits per heavy atom. The Hall–Kier alpha value is -1.14. The van der Waals surface area contributed by atoms with Crippen molar-refractivity contribution >= 4 is 37.8 Å². The average molecular weight is 271 g/mol. The minimum atomic E-state index is 0.0205. The number of allylic oxidation sites excluding steroid dienone is 8. The lowest BCUT2D eigenvalue weighted by atomic mass is 9.93. The summed E-state index contributed by atoms with van der Waals surface area (Å²) in [5, 5.41) is 0.370. The number of halogens is 1. The molecule has 0 bridgehead atoms. The molecule has 4 heteroatoms. The SMILES string of the molecule is [AlH2][C]1=NC(Cl)=NC2C=CC3=CC=CCC3=CC=C12. The van der Waals surface area contributed by atoms with E-state index in [2.05, 4.69) is 52.5 Å². The van der Waals surface area contributed by atoms with Gasteiger partial charge in [0.05, 0.1) is 6.04 Å². The van der Waals surface area contributed by atoms with Crippen molar-refractivity contribution in [3.63, 3.8) is 0 Å². The van der Waals surface area contributed by atoms with Crippen LogP contribution in [-0.4, -0.2) is 32.2 Å². The molecule has 0 fully saturated rings. The summed E-state index contributed by atoms with van der Waals surface area (Å²) < 4.78 is 1.08. The summed E-state index contributed by atoms with van der Waals surface area (Å²) in [6.07, 6.45) is 16.0. The molecular formula is C14H12AlClN2. The molecule has 88 valence electrons. The van der Waals surface area contributed by atoms with Crippen LogP contribution in [-0.2, 0) is 0 Å². The Labute approximate surface area is 119 Å². The second-order valence-corrected chi connectivity index (χ2v) is 5.75. The predicted octanol–water partition coefficient (Wildman–Crippen LogP) is 2.30. The highest BCUT2D eigenvalue weighted by Crippen LogP contribution is 2.26. The number of aliphatic imine (C=N–C) groups is 2. The fourth-order valence-corrected chi connectivity index (χ4v) is 3.35. The molecule has 3 rings (SSSR count). The number of fused-ring (bicyclic) bond motifs is 2. The number of rotatable bonds is 0.